The van der Waals surface area contributed by atoms with Gasteiger partial charge < -0.3 is 0 Å². The number of hydrogen-bond acceptors (Lipinski definition) is 3. The highest BCUT2D eigenvalue weighted by atomic mass is 35.5. The molecular weight excluding hydrogens is 284 g/mol. The van der Waals surface area contributed by atoms with Gasteiger partial charge in [-0.2, -0.15) is 0 Å². The van der Waals surface area contributed by atoms with Gasteiger partial charge in [0.05, 0.1) is 0 Å². The third-order valence-electron chi connectivity index (χ3n) is 4.02. The maximum Gasteiger partial charge on any atom is 0.242 e. The lowest BCUT2D eigenvalue weighted by Crippen LogP contribution is -2.43. The van der Waals surface area contributed by atoms with Crippen molar-refractivity contribution in [3.05, 3.63) is 23.5 Å². The first-order valence-corrected chi connectivity index (χ1v) is 8.40. The first kappa shape index (κ1) is 14.8. The summed E-state index contributed by atoms with van der Waals surface area (Å²) in [6, 6.07) is 2.97. The standard InChI is InChI=1S/C13H19ClN2O2S/c1-9-4-3-5-12(10(9)2)16-19(17,18)11-6-7-13(14)15-8-11/h6-10,12,16H,3-5H2,1-2H3/t9-,10+,12-/m1/s1. The number of nitrogens with one attached hydrogen (secondary N) is 1. The second-order valence-electron chi connectivity index (χ2n) is 5.31. The van der Waals surface area contributed by atoms with E-state index in [1.807, 2.05) is 0 Å². The molecule has 4 nitrogen and oxygen atoms in total. The Balaban J connectivity index is 2.15. The van der Waals surface area contributed by atoms with Crippen LogP contribution in [0.25, 0.3) is 0 Å². The second kappa shape index (κ2) is 5.77. The minimum atomic E-state index is -3.50. The predicted octanol–water partition coefficient (Wildman–Crippen LogP) is 2.84. The summed E-state index contributed by atoms with van der Waals surface area (Å²) in [6.07, 6.45) is 4.42. The fraction of sp³-hybridized carbons (Fsp3) is 0.615. The lowest BCUT2D eigenvalue weighted by Gasteiger charge is -2.34. The topological polar surface area (TPSA) is 59.1 Å². The first-order chi connectivity index (χ1) is 8.90. The lowest BCUT2D eigenvalue weighted by molar-refractivity contribution is 0.227. The largest absolute Gasteiger partial charge is 0.243 e. The average Bonchev–Trinajstić information content (AvgIpc) is 2.35. The normalized spacial score (nSPS) is 28.3. The predicted molar refractivity (Wildman–Crippen MR) is 75.5 cm³/mol. The molecule has 1 N–H and O–H groups in total. The fourth-order valence-corrected chi connectivity index (χ4v) is 3.95. The number of hydrogen-bond donors (Lipinski definition) is 1. The summed E-state index contributed by atoms with van der Waals surface area (Å²) in [6.45, 7) is 4.28. The molecule has 0 aliphatic heterocycles. The molecule has 0 aromatic carbocycles. The van der Waals surface area contributed by atoms with E-state index in [9.17, 15) is 8.42 Å². The zero-order valence-electron chi connectivity index (χ0n) is 11.1. The molecule has 1 aliphatic carbocycles. The highest BCUT2D eigenvalue weighted by Crippen LogP contribution is 2.30. The van der Waals surface area contributed by atoms with Crippen LogP contribution in [0, 0.1) is 11.8 Å². The van der Waals surface area contributed by atoms with Gasteiger partial charge in [0.1, 0.15) is 10.0 Å². The Hall–Kier alpha value is -0.650. The molecule has 106 valence electrons. The smallest absolute Gasteiger partial charge is 0.242 e. The summed E-state index contributed by atoms with van der Waals surface area (Å²) in [5, 5.41) is 0.290. The van der Waals surface area contributed by atoms with Crippen molar-refractivity contribution in [2.24, 2.45) is 11.8 Å². The molecule has 0 bridgehead atoms. The molecule has 19 heavy (non-hydrogen) atoms. The number of nitrogens with zero attached hydrogens (tertiary/aromatic N) is 1. The van der Waals surface area contributed by atoms with E-state index in [1.54, 1.807) is 0 Å². The van der Waals surface area contributed by atoms with Crippen LogP contribution < -0.4 is 4.72 Å². The van der Waals surface area contributed by atoms with Crippen molar-refractivity contribution in [1.82, 2.24) is 9.71 Å². The molecule has 1 saturated carbocycles. The van der Waals surface area contributed by atoms with Gasteiger partial charge in [-0.05, 0) is 30.4 Å². The van der Waals surface area contributed by atoms with E-state index in [4.69, 9.17) is 11.6 Å². The third-order valence-corrected chi connectivity index (χ3v) is 5.72. The maximum absolute atomic E-state index is 12.3. The second-order valence-corrected chi connectivity index (χ2v) is 7.41. The molecule has 6 heteroatoms. The summed E-state index contributed by atoms with van der Waals surface area (Å²) < 4.78 is 27.3. The van der Waals surface area contributed by atoms with Crippen LogP contribution in [0.2, 0.25) is 5.15 Å². The van der Waals surface area contributed by atoms with Crippen LogP contribution in [0.1, 0.15) is 33.1 Å². The van der Waals surface area contributed by atoms with E-state index >= 15 is 0 Å². The van der Waals surface area contributed by atoms with Gasteiger partial charge in [-0.1, -0.05) is 38.3 Å². The zero-order chi connectivity index (χ0) is 14.0. The van der Waals surface area contributed by atoms with Crippen molar-refractivity contribution in [2.75, 3.05) is 0 Å². The van der Waals surface area contributed by atoms with Crippen LogP contribution in [0.4, 0.5) is 0 Å². The van der Waals surface area contributed by atoms with Gasteiger partial charge in [0.25, 0.3) is 0 Å². The summed E-state index contributed by atoms with van der Waals surface area (Å²) >= 11 is 5.67. The number of sulfonamides is 1. The number of aromatic nitrogens is 1. The lowest BCUT2D eigenvalue weighted by atomic mass is 9.78. The SMILES string of the molecule is C[C@H]1[C@H](C)CCC[C@H]1NS(=O)(=O)c1ccc(Cl)nc1. The van der Waals surface area contributed by atoms with Gasteiger partial charge in [-0.25, -0.2) is 18.1 Å². The fourth-order valence-electron chi connectivity index (χ4n) is 2.54. The van der Waals surface area contributed by atoms with Crippen LogP contribution in [-0.2, 0) is 10.0 Å². The molecule has 3 atom stereocenters. The van der Waals surface area contributed by atoms with Crippen LogP contribution in [0.15, 0.2) is 23.2 Å². The molecule has 1 fully saturated rings. The van der Waals surface area contributed by atoms with Crippen molar-refractivity contribution >= 4 is 21.6 Å². The van der Waals surface area contributed by atoms with Crippen molar-refractivity contribution in [3.63, 3.8) is 0 Å². The van der Waals surface area contributed by atoms with Gasteiger partial charge in [0, 0.05) is 12.2 Å². The van der Waals surface area contributed by atoms with Gasteiger partial charge in [0.15, 0.2) is 0 Å². The van der Waals surface area contributed by atoms with Crippen molar-refractivity contribution in [3.8, 4) is 0 Å². The highest BCUT2D eigenvalue weighted by Gasteiger charge is 2.30. The van der Waals surface area contributed by atoms with E-state index < -0.39 is 10.0 Å². The first-order valence-electron chi connectivity index (χ1n) is 6.54. The Bertz CT molecular complexity index is 530. The Morgan fingerprint density at radius 1 is 1.32 bits per heavy atom. The molecule has 0 spiro atoms. The maximum atomic E-state index is 12.3. The molecule has 0 unspecified atom stereocenters. The zero-order valence-corrected chi connectivity index (χ0v) is 12.7. The molecule has 1 aromatic rings. The van der Waals surface area contributed by atoms with E-state index in [0.29, 0.717) is 17.0 Å². The molecule has 1 heterocycles. The van der Waals surface area contributed by atoms with Gasteiger partial charge in [0.2, 0.25) is 10.0 Å². The summed E-state index contributed by atoms with van der Waals surface area (Å²) in [7, 11) is -3.50. The van der Waals surface area contributed by atoms with Gasteiger partial charge in [-0.3, -0.25) is 0 Å². The average molecular weight is 303 g/mol. The van der Waals surface area contributed by atoms with E-state index in [2.05, 4.69) is 23.6 Å². The number of halogens is 1. The highest BCUT2D eigenvalue weighted by molar-refractivity contribution is 7.89. The number of pyridine rings is 1. The Morgan fingerprint density at radius 2 is 2.05 bits per heavy atom. The summed E-state index contributed by atoms with van der Waals surface area (Å²) in [4.78, 5) is 3.99. The van der Waals surface area contributed by atoms with Gasteiger partial charge in [-0.15, -0.1) is 0 Å². The molecule has 0 amide bonds. The molecule has 1 aliphatic rings. The van der Waals surface area contributed by atoms with Crippen LogP contribution in [0.3, 0.4) is 0 Å². The van der Waals surface area contributed by atoms with Crippen molar-refractivity contribution in [2.45, 2.75) is 44.0 Å². The van der Waals surface area contributed by atoms with E-state index in [1.165, 1.54) is 24.8 Å². The van der Waals surface area contributed by atoms with E-state index in [-0.39, 0.29) is 10.9 Å². The monoisotopic (exact) mass is 302 g/mol. The molecule has 1 aromatic heterocycles. The van der Waals surface area contributed by atoms with Gasteiger partial charge >= 0.3 is 0 Å². The van der Waals surface area contributed by atoms with Crippen LogP contribution in [0.5, 0.6) is 0 Å². The summed E-state index contributed by atoms with van der Waals surface area (Å²) in [5.41, 5.74) is 0. The van der Waals surface area contributed by atoms with Crippen molar-refractivity contribution in [1.29, 1.82) is 0 Å². The number of rotatable bonds is 3. The minimum absolute atomic E-state index is 0.00410. The molecule has 0 saturated heterocycles. The minimum Gasteiger partial charge on any atom is -0.243 e. The Labute approximate surface area is 119 Å². The van der Waals surface area contributed by atoms with Crippen LogP contribution >= 0.6 is 11.6 Å². The third kappa shape index (κ3) is 3.46. The Morgan fingerprint density at radius 3 is 2.68 bits per heavy atom. The Kier molecular flexibility index (Phi) is 4.48. The molecule has 0 radical (unpaired) electrons. The molecular formula is C13H19ClN2O2S. The molecule has 2 rings (SSSR count). The quantitative estimate of drug-likeness (QED) is 0.874. The van der Waals surface area contributed by atoms with Crippen molar-refractivity contribution < 1.29 is 8.42 Å². The van der Waals surface area contributed by atoms with E-state index in [0.717, 1.165) is 12.8 Å². The van der Waals surface area contributed by atoms with Crippen LogP contribution in [-0.4, -0.2) is 19.4 Å². The summed E-state index contributed by atoms with van der Waals surface area (Å²) in [5.74, 6) is 0.897.